The summed E-state index contributed by atoms with van der Waals surface area (Å²) in [4.78, 5) is -0.131. The molecule has 0 aliphatic carbocycles. The Bertz CT molecular complexity index is 444. The smallest absolute Gasteiger partial charge is 0.252 e. The lowest BCUT2D eigenvalue weighted by molar-refractivity contribution is 0.126. The number of phenols is 1. The van der Waals surface area contributed by atoms with Crippen molar-refractivity contribution in [1.82, 2.24) is 4.31 Å². The van der Waals surface area contributed by atoms with Crippen LogP contribution in [-0.2, 0) is 10.0 Å². The molecular weight excluding hydrogens is 240 g/mol. The number of halogens is 2. The maximum atomic E-state index is 12.0. The number of alkyl halides is 2. The van der Waals surface area contributed by atoms with Crippen molar-refractivity contribution < 1.29 is 22.3 Å². The molecule has 0 saturated heterocycles. The molecule has 0 amide bonds. The number of hydrogen-bond donors (Lipinski definition) is 1. The first kappa shape index (κ1) is 12.9. The molecule has 0 unspecified atom stereocenters. The van der Waals surface area contributed by atoms with Gasteiger partial charge in [0, 0.05) is 7.05 Å². The first-order chi connectivity index (χ1) is 7.34. The molecule has 90 valence electrons. The summed E-state index contributed by atoms with van der Waals surface area (Å²) in [5.74, 6) is -0.0875. The van der Waals surface area contributed by atoms with Crippen molar-refractivity contribution in [3.63, 3.8) is 0 Å². The number of sulfonamides is 1. The average Bonchev–Trinajstić information content (AvgIpc) is 2.17. The number of nitrogens with zero attached hydrogens (tertiary/aromatic N) is 1. The first-order valence-electron chi connectivity index (χ1n) is 4.37. The molecule has 0 radical (unpaired) electrons. The van der Waals surface area contributed by atoms with Gasteiger partial charge in [0.2, 0.25) is 10.0 Å². The number of aromatic hydroxyl groups is 1. The SMILES string of the molecule is CN(CC(F)F)S(=O)(=O)c1ccc(O)cc1. The zero-order valence-corrected chi connectivity index (χ0v) is 9.29. The molecule has 0 aliphatic heterocycles. The van der Waals surface area contributed by atoms with Crippen LogP contribution >= 0.6 is 0 Å². The molecule has 7 heteroatoms. The third kappa shape index (κ3) is 2.89. The lowest BCUT2D eigenvalue weighted by Crippen LogP contribution is -2.31. The van der Waals surface area contributed by atoms with Crippen molar-refractivity contribution in [2.45, 2.75) is 11.3 Å². The molecule has 0 aliphatic rings. The molecule has 1 aromatic carbocycles. The van der Waals surface area contributed by atoms with E-state index in [9.17, 15) is 17.2 Å². The molecule has 0 heterocycles. The highest BCUT2D eigenvalue weighted by Crippen LogP contribution is 2.18. The van der Waals surface area contributed by atoms with Crippen molar-refractivity contribution in [3.05, 3.63) is 24.3 Å². The van der Waals surface area contributed by atoms with Gasteiger partial charge < -0.3 is 5.11 Å². The van der Waals surface area contributed by atoms with Gasteiger partial charge in [0.15, 0.2) is 0 Å². The average molecular weight is 251 g/mol. The molecule has 0 fully saturated rings. The highest BCUT2D eigenvalue weighted by atomic mass is 32.2. The van der Waals surface area contributed by atoms with Crippen LogP contribution in [0.15, 0.2) is 29.2 Å². The molecule has 1 aromatic rings. The predicted octanol–water partition coefficient (Wildman–Crippen LogP) is 1.28. The van der Waals surface area contributed by atoms with E-state index in [4.69, 9.17) is 5.11 Å². The summed E-state index contributed by atoms with van der Waals surface area (Å²) >= 11 is 0. The van der Waals surface area contributed by atoms with Crippen LogP contribution in [0.25, 0.3) is 0 Å². The van der Waals surface area contributed by atoms with Gasteiger partial charge in [-0.25, -0.2) is 17.2 Å². The van der Waals surface area contributed by atoms with Crippen molar-refractivity contribution in [2.24, 2.45) is 0 Å². The Morgan fingerprint density at radius 3 is 2.25 bits per heavy atom. The third-order valence-corrected chi connectivity index (χ3v) is 3.78. The highest BCUT2D eigenvalue weighted by Gasteiger charge is 2.23. The second-order valence-corrected chi connectivity index (χ2v) is 5.22. The Hall–Kier alpha value is -1.21. The van der Waals surface area contributed by atoms with E-state index in [2.05, 4.69) is 0 Å². The van der Waals surface area contributed by atoms with E-state index < -0.39 is 23.0 Å². The van der Waals surface area contributed by atoms with Crippen molar-refractivity contribution in [1.29, 1.82) is 0 Å². The van der Waals surface area contributed by atoms with Gasteiger partial charge in [-0.2, -0.15) is 4.31 Å². The summed E-state index contributed by atoms with van der Waals surface area (Å²) in [6.45, 7) is -0.858. The maximum absolute atomic E-state index is 12.0. The van der Waals surface area contributed by atoms with Crippen LogP contribution in [0.2, 0.25) is 0 Å². The fourth-order valence-electron chi connectivity index (χ4n) is 1.09. The van der Waals surface area contributed by atoms with Gasteiger partial charge in [-0.1, -0.05) is 0 Å². The Morgan fingerprint density at radius 1 is 1.31 bits per heavy atom. The third-order valence-electron chi connectivity index (χ3n) is 1.94. The van der Waals surface area contributed by atoms with Gasteiger partial charge >= 0.3 is 0 Å². The van der Waals surface area contributed by atoms with Crippen molar-refractivity contribution >= 4 is 10.0 Å². The van der Waals surface area contributed by atoms with Crippen LogP contribution in [0, 0.1) is 0 Å². The minimum absolute atomic E-state index is 0.0875. The summed E-state index contributed by atoms with van der Waals surface area (Å²) in [5.41, 5.74) is 0. The predicted molar refractivity (Wildman–Crippen MR) is 53.9 cm³/mol. The van der Waals surface area contributed by atoms with Gasteiger partial charge in [0.1, 0.15) is 5.75 Å². The van der Waals surface area contributed by atoms with Gasteiger partial charge in [-0.05, 0) is 24.3 Å². The van der Waals surface area contributed by atoms with Crippen LogP contribution in [-0.4, -0.2) is 37.8 Å². The number of hydrogen-bond acceptors (Lipinski definition) is 3. The number of benzene rings is 1. The fourth-order valence-corrected chi connectivity index (χ4v) is 2.24. The van der Waals surface area contributed by atoms with Crippen LogP contribution in [0.5, 0.6) is 5.75 Å². The molecule has 4 nitrogen and oxygen atoms in total. The molecule has 1 N–H and O–H groups in total. The van der Waals surface area contributed by atoms with E-state index in [0.29, 0.717) is 4.31 Å². The minimum atomic E-state index is -3.91. The van der Waals surface area contributed by atoms with E-state index in [1.165, 1.54) is 12.1 Å². The topological polar surface area (TPSA) is 57.6 Å². The largest absolute Gasteiger partial charge is 0.508 e. The van der Waals surface area contributed by atoms with Gasteiger partial charge in [0.25, 0.3) is 6.43 Å². The van der Waals surface area contributed by atoms with Crippen LogP contribution in [0.4, 0.5) is 8.78 Å². The Labute approximate surface area is 92.2 Å². The summed E-state index contributed by atoms with van der Waals surface area (Å²) in [6, 6.07) is 4.69. The van der Waals surface area contributed by atoms with E-state index in [1.807, 2.05) is 0 Å². The lowest BCUT2D eigenvalue weighted by atomic mass is 10.3. The molecule has 0 spiro atoms. The first-order valence-corrected chi connectivity index (χ1v) is 5.81. The van der Waals surface area contributed by atoms with E-state index in [1.54, 1.807) is 0 Å². The Morgan fingerprint density at radius 2 is 1.81 bits per heavy atom. The Balaban J connectivity index is 2.97. The zero-order chi connectivity index (χ0) is 12.3. The van der Waals surface area contributed by atoms with Crippen molar-refractivity contribution in [3.8, 4) is 5.75 Å². The summed E-state index contributed by atoms with van der Waals surface area (Å²) in [5, 5.41) is 8.98. The second kappa shape index (κ2) is 4.75. The standard InChI is InChI=1S/C9H11F2NO3S/c1-12(6-9(10)11)16(14,15)8-4-2-7(13)3-5-8/h2-5,9,13H,6H2,1H3. The lowest BCUT2D eigenvalue weighted by Gasteiger charge is -2.16. The molecule has 1 rings (SSSR count). The fraction of sp³-hybridized carbons (Fsp3) is 0.333. The normalized spacial score (nSPS) is 12.3. The van der Waals surface area contributed by atoms with E-state index >= 15 is 0 Å². The quantitative estimate of drug-likeness (QED) is 0.877. The van der Waals surface area contributed by atoms with Gasteiger partial charge in [0.05, 0.1) is 11.4 Å². The van der Waals surface area contributed by atoms with Crippen LogP contribution < -0.4 is 0 Å². The number of phenolic OH excluding ortho intramolecular Hbond substituents is 1. The number of rotatable bonds is 4. The molecule has 0 bridgehead atoms. The van der Waals surface area contributed by atoms with E-state index in [-0.39, 0.29) is 10.6 Å². The highest BCUT2D eigenvalue weighted by molar-refractivity contribution is 7.89. The molecule has 0 aromatic heterocycles. The summed E-state index contributed by atoms with van der Waals surface area (Å²) in [7, 11) is -2.83. The second-order valence-electron chi connectivity index (χ2n) is 3.17. The Kier molecular flexibility index (Phi) is 3.82. The molecule has 0 saturated carbocycles. The van der Waals surface area contributed by atoms with Gasteiger partial charge in [-0.3, -0.25) is 0 Å². The van der Waals surface area contributed by atoms with Crippen LogP contribution in [0.3, 0.4) is 0 Å². The molecule has 0 atom stereocenters. The summed E-state index contributed by atoms with van der Waals surface area (Å²) < 4.78 is 48.1. The monoisotopic (exact) mass is 251 g/mol. The van der Waals surface area contributed by atoms with Crippen LogP contribution in [0.1, 0.15) is 0 Å². The zero-order valence-electron chi connectivity index (χ0n) is 8.47. The molecule has 16 heavy (non-hydrogen) atoms. The minimum Gasteiger partial charge on any atom is -0.508 e. The summed E-state index contributed by atoms with van der Waals surface area (Å²) in [6.07, 6.45) is -2.73. The van der Waals surface area contributed by atoms with E-state index in [0.717, 1.165) is 19.2 Å². The van der Waals surface area contributed by atoms with Crippen molar-refractivity contribution in [2.75, 3.05) is 13.6 Å². The van der Waals surface area contributed by atoms with Gasteiger partial charge in [-0.15, -0.1) is 0 Å². The molecular formula is C9H11F2NO3S. The maximum Gasteiger partial charge on any atom is 0.252 e.